The largest absolute Gasteiger partial charge is 0.490 e. The third-order valence-corrected chi connectivity index (χ3v) is 2.56. The maximum atomic E-state index is 8.55. The van der Waals surface area contributed by atoms with Gasteiger partial charge in [-0.25, -0.2) is 0 Å². The summed E-state index contributed by atoms with van der Waals surface area (Å²) in [6.45, 7) is 3.73. The molecule has 0 aromatic heterocycles. The molecule has 96 valence electrons. The summed E-state index contributed by atoms with van der Waals surface area (Å²) < 4.78 is 17.0. The van der Waals surface area contributed by atoms with Crippen LogP contribution in [0.15, 0.2) is 22.7 Å². The molecule has 1 rings (SSSR count). The first-order valence-corrected chi connectivity index (χ1v) is 6.31. The van der Waals surface area contributed by atoms with Gasteiger partial charge in [0, 0.05) is 0 Å². The van der Waals surface area contributed by atoms with Crippen molar-refractivity contribution in [3.63, 3.8) is 0 Å². The van der Waals surface area contributed by atoms with E-state index in [1.807, 2.05) is 25.1 Å². The van der Waals surface area contributed by atoms with Gasteiger partial charge in [-0.05, 0) is 35.0 Å². The van der Waals surface area contributed by atoms with Crippen molar-refractivity contribution in [2.24, 2.45) is 0 Å². The maximum absolute atomic E-state index is 8.55. The Bertz CT molecular complexity index is 330. The highest BCUT2D eigenvalue weighted by atomic mass is 79.9. The predicted molar refractivity (Wildman–Crippen MR) is 68.7 cm³/mol. The Balaban J connectivity index is 2.50. The highest BCUT2D eigenvalue weighted by molar-refractivity contribution is 9.10. The van der Waals surface area contributed by atoms with Gasteiger partial charge in [0.25, 0.3) is 0 Å². The fraction of sp³-hybridized carbons (Fsp3) is 0.500. The summed E-state index contributed by atoms with van der Waals surface area (Å²) in [5.41, 5.74) is 0. The van der Waals surface area contributed by atoms with E-state index in [2.05, 4.69) is 15.9 Å². The van der Waals surface area contributed by atoms with Gasteiger partial charge < -0.3 is 19.3 Å². The van der Waals surface area contributed by atoms with Crippen molar-refractivity contribution in [1.29, 1.82) is 0 Å². The van der Waals surface area contributed by atoms with E-state index in [0.717, 1.165) is 4.47 Å². The van der Waals surface area contributed by atoms with Crippen LogP contribution in [0.3, 0.4) is 0 Å². The molecule has 0 unspecified atom stereocenters. The molecule has 5 heteroatoms. The molecule has 0 amide bonds. The molecule has 1 aromatic rings. The van der Waals surface area contributed by atoms with E-state index in [0.29, 0.717) is 37.9 Å². The summed E-state index contributed by atoms with van der Waals surface area (Å²) in [6, 6.07) is 5.65. The van der Waals surface area contributed by atoms with E-state index in [1.54, 1.807) is 0 Å². The van der Waals surface area contributed by atoms with Gasteiger partial charge in [-0.1, -0.05) is 6.07 Å². The lowest BCUT2D eigenvalue weighted by Crippen LogP contribution is -2.10. The van der Waals surface area contributed by atoms with E-state index in [9.17, 15) is 0 Å². The van der Waals surface area contributed by atoms with Gasteiger partial charge in [-0.3, -0.25) is 0 Å². The molecular formula is C12H17BrO4. The van der Waals surface area contributed by atoms with Gasteiger partial charge in [-0.15, -0.1) is 0 Å². The molecular weight excluding hydrogens is 288 g/mol. The Morgan fingerprint density at radius 1 is 1.18 bits per heavy atom. The van der Waals surface area contributed by atoms with Crippen LogP contribution in [0.25, 0.3) is 0 Å². The second kappa shape index (κ2) is 8.33. The number of hydrogen-bond donors (Lipinski definition) is 1. The van der Waals surface area contributed by atoms with E-state index in [1.165, 1.54) is 0 Å². The predicted octanol–water partition coefficient (Wildman–Crippen LogP) is 2.24. The minimum atomic E-state index is 0.0270. The normalized spacial score (nSPS) is 10.3. The minimum Gasteiger partial charge on any atom is -0.490 e. The lowest BCUT2D eigenvalue weighted by atomic mass is 10.3. The summed E-state index contributed by atoms with van der Waals surface area (Å²) in [5, 5.41) is 8.55. The summed E-state index contributed by atoms with van der Waals surface area (Å²) in [7, 11) is 0. The molecule has 0 bridgehead atoms. The van der Waals surface area contributed by atoms with Crippen molar-refractivity contribution in [1.82, 2.24) is 0 Å². The molecule has 0 spiro atoms. The number of aliphatic hydroxyl groups excluding tert-OH is 1. The van der Waals surface area contributed by atoms with Crippen LogP contribution in [-0.2, 0) is 4.74 Å². The number of halogens is 1. The van der Waals surface area contributed by atoms with Crippen LogP contribution < -0.4 is 9.47 Å². The van der Waals surface area contributed by atoms with Crippen LogP contribution in [-0.4, -0.2) is 38.1 Å². The summed E-state index contributed by atoms with van der Waals surface area (Å²) in [5.74, 6) is 1.39. The number of hydrogen-bond acceptors (Lipinski definition) is 4. The average Bonchev–Trinajstić information content (AvgIpc) is 2.32. The molecule has 0 atom stereocenters. The molecule has 0 saturated carbocycles. The first kappa shape index (κ1) is 14.3. The number of rotatable bonds is 8. The minimum absolute atomic E-state index is 0.0270. The molecule has 0 radical (unpaired) electrons. The van der Waals surface area contributed by atoms with Gasteiger partial charge in [0.05, 0.1) is 30.9 Å². The second-order valence-corrected chi connectivity index (χ2v) is 4.04. The SMILES string of the molecule is CCOc1cccc(Br)c1OCCOCCO. The quantitative estimate of drug-likeness (QED) is 0.748. The van der Waals surface area contributed by atoms with Crippen LogP contribution in [0, 0.1) is 0 Å². The lowest BCUT2D eigenvalue weighted by Gasteiger charge is -2.13. The average molecular weight is 305 g/mol. The van der Waals surface area contributed by atoms with Crippen molar-refractivity contribution in [2.45, 2.75) is 6.92 Å². The fourth-order valence-corrected chi connectivity index (χ4v) is 1.73. The highest BCUT2D eigenvalue weighted by Gasteiger charge is 2.08. The van der Waals surface area contributed by atoms with E-state index >= 15 is 0 Å². The Kier molecular flexibility index (Phi) is 7.00. The molecule has 0 fully saturated rings. The zero-order chi connectivity index (χ0) is 12.5. The molecule has 1 N–H and O–H groups in total. The second-order valence-electron chi connectivity index (χ2n) is 3.18. The maximum Gasteiger partial charge on any atom is 0.175 e. The Morgan fingerprint density at radius 2 is 2.00 bits per heavy atom. The van der Waals surface area contributed by atoms with Crippen LogP contribution in [0.1, 0.15) is 6.92 Å². The Labute approximate surface area is 110 Å². The lowest BCUT2D eigenvalue weighted by molar-refractivity contribution is 0.0695. The molecule has 4 nitrogen and oxygen atoms in total. The monoisotopic (exact) mass is 304 g/mol. The summed E-state index contributed by atoms with van der Waals surface area (Å²) in [4.78, 5) is 0. The van der Waals surface area contributed by atoms with Gasteiger partial charge in [-0.2, -0.15) is 0 Å². The first-order valence-electron chi connectivity index (χ1n) is 5.52. The van der Waals surface area contributed by atoms with Crippen LogP contribution in [0.5, 0.6) is 11.5 Å². The summed E-state index contributed by atoms with van der Waals surface area (Å²) in [6.07, 6.45) is 0. The smallest absolute Gasteiger partial charge is 0.175 e. The van der Waals surface area contributed by atoms with Gasteiger partial charge >= 0.3 is 0 Å². The number of aliphatic hydroxyl groups is 1. The zero-order valence-electron chi connectivity index (χ0n) is 9.82. The van der Waals surface area contributed by atoms with E-state index < -0.39 is 0 Å². The van der Waals surface area contributed by atoms with Gasteiger partial charge in [0.2, 0.25) is 0 Å². The topological polar surface area (TPSA) is 47.9 Å². The Hall–Kier alpha value is -0.780. The van der Waals surface area contributed by atoms with Gasteiger partial charge in [0.15, 0.2) is 11.5 Å². The third-order valence-electron chi connectivity index (χ3n) is 1.94. The van der Waals surface area contributed by atoms with Crippen molar-refractivity contribution < 1.29 is 19.3 Å². The molecule has 0 aliphatic carbocycles. The van der Waals surface area contributed by atoms with Crippen molar-refractivity contribution in [3.05, 3.63) is 22.7 Å². The molecule has 0 aliphatic rings. The number of para-hydroxylation sites is 1. The number of benzene rings is 1. The summed E-state index contributed by atoms with van der Waals surface area (Å²) >= 11 is 3.41. The first-order chi connectivity index (χ1) is 8.29. The molecule has 0 heterocycles. The standard InChI is InChI=1S/C12H17BrO4/c1-2-16-11-5-3-4-10(13)12(11)17-9-8-15-7-6-14/h3-5,14H,2,6-9H2,1H3. The van der Waals surface area contributed by atoms with Crippen molar-refractivity contribution >= 4 is 15.9 Å². The fourth-order valence-electron chi connectivity index (χ4n) is 1.27. The van der Waals surface area contributed by atoms with Crippen LogP contribution in [0.2, 0.25) is 0 Å². The molecule has 0 aliphatic heterocycles. The molecule has 17 heavy (non-hydrogen) atoms. The van der Waals surface area contributed by atoms with E-state index in [-0.39, 0.29) is 6.61 Å². The zero-order valence-corrected chi connectivity index (χ0v) is 11.4. The van der Waals surface area contributed by atoms with Crippen molar-refractivity contribution in [3.8, 4) is 11.5 Å². The van der Waals surface area contributed by atoms with Crippen molar-refractivity contribution in [2.75, 3.05) is 33.0 Å². The molecule has 1 aromatic carbocycles. The van der Waals surface area contributed by atoms with Crippen LogP contribution in [0.4, 0.5) is 0 Å². The van der Waals surface area contributed by atoms with Crippen LogP contribution >= 0.6 is 15.9 Å². The Morgan fingerprint density at radius 3 is 2.71 bits per heavy atom. The highest BCUT2D eigenvalue weighted by Crippen LogP contribution is 2.34. The number of ether oxygens (including phenoxy) is 3. The van der Waals surface area contributed by atoms with E-state index in [4.69, 9.17) is 19.3 Å². The molecule has 0 saturated heterocycles. The van der Waals surface area contributed by atoms with Gasteiger partial charge in [0.1, 0.15) is 6.61 Å². The third kappa shape index (κ3) is 4.93.